The molecule has 0 aliphatic carbocycles. The van der Waals surface area contributed by atoms with Crippen molar-refractivity contribution < 1.29 is 14.3 Å². The zero-order chi connectivity index (χ0) is 15.7. The molecule has 1 amide bonds. The van der Waals surface area contributed by atoms with Gasteiger partial charge in [-0.1, -0.05) is 0 Å². The van der Waals surface area contributed by atoms with Crippen LogP contribution in [0.4, 0.5) is 0 Å². The van der Waals surface area contributed by atoms with Gasteiger partial charge in [-0.15, -0.1) is 0 Å². The van der Waals surface area contributed by atoms with Gasteiger partial charge < -0.3 is 14.4 Å². The van der Waals surface area contributed by atoms with Crippen LogP contribution in [0.1, 0.15) is 5.56 Å². The van der Waals surface area contributed by atoms with Gasteiger partial charge in [-0.2, -0.15) is 0 Å². The topological polar surface area (TPSA) is 42.0 Å². The highest BCUT2D eigenvalue weighted by molar-refractivity contribution is 9.10. The molecule has 1 aliphatic heterocycles. The number of halogens is 1. The summed E-state index contributed by atoms with van der Waals surface area (Å²) in [6, 6.07) is 3.60. The van der Waals surface area contributed by atoms with Crippen LogP contribution >= 0.6 is 28.1 Å². The lowest BCUT2D eigenvalue weighted by molar-refractivity contribution is -0.121. The summed E-state index contributed by atoms with van der Waals surface area (Å²) in [5.74, 6) is 1.13. The second kappa shape index (κ2) is 6.03. The molecule has 7 heteroatoms. The Bertz CT molecular complexity index is 645. The Hall–Kier alpha value is -1.60. The Kier molecular flexibility index (Phi) is 4.53. The number of carbonyl (C=O) groups is 1. The number of benzene rings is 1. The summed E-state index contributed by atoms with van der Waals surface area (Å²) in [6.45, 7) is 0. The molecule has 1 heterocycles. The van der Waals surface area contributed by atoms with Crippen LogP contribution in [0.25, 0.3) is 6.08 Å². The number of rotatable bonds is 3. The maximum Gasteiger partial charge on any atom is 0.276 e. The molecule has 0 saturated carbocycles. The van der Waals surface area contributed by atoms with Crippen molar-refractivity contribution in [1.82, 2.24) is 9.80 Å². The molecule has 5 nitrogen and oxygen atoms in total. The van der Waals surface area contributed by atoms with Gasteiger partial charge in [0.25, 0.3) is 5.91 Å². The molecule has 1 saturated heterocycles. The van der Waals surface area contributed by atoms with Crippen LogP contribution < -0.4 is 9.47 Å². The molecule has 1 aromatic rings. The minimum absolute atomic E-state index is 0.142. The summed E-state index contributed by atoms with van der Waals surface area (Å²) in [6.07, 6.45) is 1.75. The van der Waals surface area contributed by atoms with Crippen molar-refractivity contribution in [3.05, 3.63) is 27.9 Å². The minimum Gasteiger partial charge on any atom is -0.496 e. The molecule has 2 rings (SSSR count). The number of likely N-dealkylation sites (N-methyl/N-ethyl adjacent to an activating group) is 2. The monoisotopic (exact) mass is 370 g/mol. The van der Waals surface area contributed by atoms with Crippen molar-refractivity contribution in [2.24, 2.45) is 0 Å². The lowest BCUT2D eigenvalue weighted by atomic mass is 10.1. The van der Waals surface area contributed by atoms with E-state index < -0.39 is 0 Å². The number of ether oxygens (including phenoxy) is 2. The van der Waals surface area contributed by atoms with E-state index in [9.17, 15) is 4.79 Å². The van der Waals surface area contributed by atoms with E-state index in [0.717, 1.165) is 10.0 Å². The van der Waals surface area contributed by atoms with Crippen molar-refractivity contribution in [3.63, 3.8) is 0 Å². The first-order chi connectivity index (χ1) is 9.90. The Morgan fingerprint density at radius 1 is 1.14 bits per heavy atom. The molecule has 1 fully saturated rings. The SMILES string of the molecule is COc1cc(OC)c(C=C2C(=O)N(C)C(=S)N2C)cc1Br. The molecule has 112 valence electrons. The third-order valence-corrected chi connectivity index (χ3v) is 4.42. The fraction of sp³-hybridized carbons (Fsp3) is 0.286. The smallest absolute Gasteiger partial charge is 0.276 e. The van der Waals surface area contributed by atoms with Gasteiger partial charge in [0.15, 0.2) is 5.11 Å². The van der Waals surface area contributed by atoms with E-state index in [-0.39, 0.29) is 5.91 Å². The van der Waals surface area contributed by atoms with Crippen LogP contribution in [0.2, 0.25) is 0 Å². The van der Waals surface area contributed by atoms with Crippen molar-refractivity contribution in [3.8, 4) is 11.5 Å². The number of hydrogen-bond donors (Lipinski definition) is 0. The van der Waals surface area contributed by atoms with E-state index in [2.05, 4.69) is 15.9 Å². The van der Waals surface area contributed by atoms with E-state index in [1.807, 2.05) is 6.07 Å². The molecule has 0 radical (unpaired) electrons. The van der Waals surface area contributed by atoms with Crippen molar-refractivity contribution in [1.29, 1.82) is 0 Å². The highest BCUT2D eigenvalue weighted by Gasteiger charge is 2.33. The van der Waals surface area contributed by atoms with Crippen molar-refractivity contribution in [2.75, 3.05) is 28.3 Å². The summed E-state index contributed by atoms with van der Waals surface area (Å²) in [5.41, 5.74) is 1.26. The van der Waals surface area contributed by atoms with Gasteiger partial charge in [0.2, 0.25) is 0 Å². The van der Waals surface area contributed by atoms with Gasteiger partial charge in [-0.25, -0.2) is 0 Å². The summed E-state index contributed by atoms with van der Waals surface area (Å²) >= 11 is 8.62. The van der Waals surface area contributed by atoms with Crippen LogP contribution in [0, 0.1) is 0 Å². The molecule has 0 aromatic heterocycles. The van der Waals surface area contributed by atoms with Crippen LogP contribution in [-0.4, -0.2) is 49.1 Å². The first-order valence-corrected chi connectivity index (χ1v) is 7.29. The Balaban J connectivity index is 2.52. The van der Waals surface area contributed by atoms with Crippen LogP contribution in [-0.2, 0) is 4.79 Å². The standard InChI is InChI=1S/C14H15BrN2O3S/c1-16-10(13(18)17(2)14(16)21)6-8-5-9(15)12(20-4)7-11(8)19-3/h5-7H,1-4H3. The van der Waals surface area contributed by atoms with Crippen molar-refractivity contribution in [2.45, 2.75) is 0 Å². The number of carbonyl (C=O) groups excluding carboxylic acids is 1. The molecular weight excluding hydrogens is 356 g/mol. The van der Waals surface area contributed by atoms with Crippen molar-refractivity contribution >= 4 is 45.2 Å². The minimum atomic E-state index is -0.142. The lowest BCUT2D eigenvalue weighted by Crippen LogP contribution is -2.26. The lowest BCUT2D eigenvalue weighted by Gasteiger charge is -2.13. The first-order valence-electron chi connectivity index (χ1n) is 6.09. The molecule has 0 atom stereocenters. The largest absolute Gasteiger partial charge is 0.496 e. The summed E-state index contributed by atoms with van der Waals surface area (Å²) in [5, 5.41) is 0.470. The van der Waals surface area contributed by atoms with Crippen LogP contribution in [0.3, 0.4) is 0 Å². The molecule has 1 aliphatic rings. The van der Waals surface area contributed by atoms with E-state index in [4.69, 9.17) is 21.7 Å². The second-order valence-electron chi connectivity index (χ2n) is 4.46. The average Bonchev–Trinajstić information content (AvgIpc) is 2.65. The molecule has 0 unspecified atom stereocenters. The van der Waals surface area contributed by atoms with E-state index in [1.165, 1.54) is 4.90 Å². The maximum absolute atomic E-state index is 12.2. The van der Waals surface area contributed by atoms with E-state index >= 15 is 0 Å². The van der Waals surface area contributed by atoms with E-state index in [1.54, 1.807) is 45.4 Å². The Labute approximate surface area is 137 Å². The predicted molar refractivity (Wildman–Crippen MR) is 88.4 cm³/mol. The number of methoxy groups -OCH3 is 2. The average molecular weight is 371 g/mol. The van der Waals surface area contributed by atoms with Gasteiger partial charge in [-0.05, 0) is 40.3 Å². The molecule has 1 aromatic carbocycles. The fourth-order valence-corrected chi connectivity index (χ4v) is 2.74. The Morgan fingerprint density at radius 3 is 2.24 bits per heavy atom. The highest BCUT2D eigenvalue weighted by atomic mass is 79.9. The fourth-order valence-electron chi connectivity index (χ4n) is 2.03. The molecule has 0 bridgehead atoms. The Morgan fingerprint density at radius 2 is 1.76 bits per heavy atom. The molecular formula is C14H15BrN2O3S. The van der Waals surface area contributed by atoms with Gasteiger partial charge in [0, 0.05) is 25.7 Å². The number of amides is 1. The summed E-state index contributed by atoms with van der Waals surface area (Å²) < 4.78 is 11.4. The second-order valence-corrected chi connectivity index (χ2v) is 5.68. The zero-order valence-electron chi connectivity index (χ0n) is 12.1. The first kappa shape index (κ1) is 15.8. The predicted octanol–water partition coefficient (Wildman–Crippen LogP) is 2.50. The van der Waals surface area contributed by atoms with Crippen LogP contribution in [0.5, 0.6) is 11.5 Å². The highest BCUT2D eigenvalue weighted by Crippen LogP contribution is 2.34. The maximum atomic E-state index is 12.2. The van der Waals surface area contributed by atoms with Crippen LogP contribution in [0.15, 0.2) is 22.3 Å². The quantitative estimate of drug-likeness (QED) is 0.603. The third-order valence-electron chi connectivity index (χ3n) is 3.26. The molecule has 21 heavy (non-hydrogen) atoms. The summed E-state index contributed by atoms with van der Waals surface area (Å²) in [4.78, 5) is 15.3. The molecule has 0 N–H and O–H groups in total. The normalized spacial score (nSPS) is 16.9. The van der Waals surface area contributed by atoms with E-state index in [0.29, 0.717) is 22.3 Å². The van der Waals surface area contributed by atoms with Gasteiger partial charge in [0.1, 0.15) is 17.2 Å². The molecule has 0 spiro atoms. The van der Waals surface area contributed by atoms with Gasteiger partial charge in [0.05, 0.1) is 18.7 Å². The van der Waals surface area contributed by atoms with Gasteiger partial charge >= 0.3 is 0 Å². The number of thiocarbonyl (C=S) groups is 1. The zero-order valence-corrected chi connectivity index (χ0v) is 14.5. The summed E-state index contributed by atoms with van der Waals surface area (Å²) in [7, 11) is 6.57. The number of nitrogens with zero attached hydrogens (tertiary/aromatic N) is 2. The van der Waals surface area contributed by atoms with Gasteiger partial charge in [-0.3, -0.25) is 9.69 Å². The third kappa shape index (κ3) is 2.75. The number of hydrogen-bond acceptors (Lipinski definition) is 4.